The van der Waals surface area contributed by atoms with Crippen molar-refractivity contribution in [2.45, 2.75) is 26.6 Å². The average Bonchev–Trinajstić information content (AvgIpc) is 3.52. The number of amidine groups is 1. The molecule has 0 bridgehead atoms. The molecule has 4 aromatic rings. The number of alkyl halides is 3. The molecule has 1 fully saturated rings. The highest BCUT2D eigenvalue weighted by Gasteiger charge is 2.32. The van der Waals surface area contributed by atoms with Crippen LogP contribution in [0.1, 0.15) is 11.1 Å². The van der Waals surface area contributed by atoms with Crippen LogP contribution in [0, 0.1) is 13.8 Å². The number of hydrogen-bond donors (Lipinski definition) is 2. The van der Waals surface area contributed by atoms with E-state index in [4.69, 9.17) is 0 Å². The number of thioether (sulfide) groups is 1. The molecule has 9 nitrogen and oxygen atoms in total. The molecule has 0 radical (unpaired) electrons. The van der Waals surface area contributed by atoms with Crippen LogP contribution < -0.4 is 15.0 Å². The first-order valence-electron chi connectivity index (χ1n) is 12.0. The number of aliphatic hydroxyl groups excluding tert-OH is 1. The van der Waals surface area contributed by atoms with Gasteiger partial charge in [-0.3, -0.25) is 9.69 Å². The van der Waals surface area contributed by atoms with Gasteiger partial charge in [0, 0.05) is 11.3 Å². The van der Waals surface area contributed by atoms with Crippen LogP contribution in [0.25, 0.3) is 17.1 Å². The zero-order chi connectivity index (χ0) is 28.4. The molecule has 1 atom stereocenters. The van der Waals surface area contributed by atoms with Crippen LogP contribution in [0.5, 0.6) is 5.75 Å². The Morgan fingerprint density at radius 1 is 1.05 bits per heavy atom. The molecular formula is C27H23F3N6O3S. The first kappa shape index (κ1) is 27.2. The molecule has 206 valence electrons. The van der Waals surface area contributed by atoms with E-state index in [9.17, 15) is 23.1 Å². The lowest BCUT2D eigenvalue weighted by Crippen LogP contribution is -2.32. The predicted octanol–water partition coefficient (Wildman–Crippen LogP) is 5.27. The number of para-hydroxylation sites is 1. The van der Waals surface area contributed by atoms with Gasteiger partial charge in [0.05, 0.1) is 17.1 Å². The first-order valence-corrected chi connectivity index (χ1v) is 13.0. The molecule has 1 aliphatic rings. The van der Waals surface area contributed by atoms with E-state index >= 15 is 0 Å². The number of benzene rings is 3. The summed E-state index contributed by atoms with van der Waals surface area (Å²) in [5.41, 5.74) is 4.40. The van der Waals surface area contributed by atoms with E-state index < -0.39 is 12.7 Å². The van der Waals surface area contributed by atoms with E-state index in [1.807, 2.05) is 32.0 Å². The fraction of sp³-hybridized carbons (Fsp3) is 0.185. The first-order chi connectivity index (χ1) is 19.1. The van der Waals surface area contributed by atoms with Gasteiger partial charge in [-0.15, -0.1) is 18.3 Å². The number of anilines is 2. The number of aliphatic hydroxyl groups is 1. The van der Waals surface area contributed by atoms with Gasteiger partial charge in [-0.25, -0.2) is 14.7 Å². The number of aryl methyl sites for hydroxylation is 2. The Hall–Kier alpha value is -4.36. The highest BCUT2D eigenvalue weighted by atomic mass is 32.2. The van der Waals surface area contributed by atoms with Crippen molar-refractivity contribution in [1.29, 1.82) is 0 Å². The molecule has 1 saturated heterocycles. The topological polar surface area (TPSA) is 105 Å². The van der Waals surface area contributed by atoms with Gasteiger partial charge in [0.25, 0.3) is 0 Å². The molecule has 1 aliphatic heterocycles. The molecular weight excluding hydrogens is 545 g/mol. The van der Waals surface area contributed by atoms with E-state index in [1.54, 1.807) is 29.2 Å². The summed E-state index contributed by atoms with van der Waals surface area (Å²) in [7, 11) is 0. The number of ether oxygens (including phenoxy) is 1. The van der Waals surface area contributed by atoms with E-state index in [2.05, 4.69) is 25.1 Å². The summed E-state index contributed by atoms with van der Waals surface area (Å²) in [6.45, 7) is 3.85. The minimum Gasteiger partial charge on any atom is -0.406 e. The fourth-order valence-corrected chi connectivity index (χ4v) is 5.04. The Kier molecular flexibility index (Phi) is 7.50. The molecule has 3 aromatic carbocycles. The number of rotatable bonds is 7. The summed E-state index contributed by atoms with van der Waals surface area (Å²) in [5, 5.41) is 18.3. The third-order valence-corrected chi connectivity index (χ3v) is 6.86. The zero-order valence-electron chi connectivity index (χ0n) is 21.3. The van der Waals surface area contributed by atoms with Gasteiger partial charge in [0.2, 0.25) is 12.3 Å². The molecule has 40 heavy (non-hydrogen) atoms. The minimum absolute atomic E-state index is 0.102. The largest absolute Gasteiger partial charge is 0.573 e. The SMILES string of the molecule is Cc1cccc(C)c1N1C(=O)CS/C1=N\C(O)Nc1ccc(-c2ncn(-c3ccc(OC(F)(F)F)cc3)n2)cc1. The Labute approximate surface area is 231 Å². The summed E-state index contributed by atoms with van der Waals surface area (Å²) in [4.78, 5) is 22.8. The number of carbonyl (C=O) groups is 1. The van der Waals surface area contributed by atoms with Crippen LogP contribution in [-0.4, -0.2) is 49.4 Å². The van der Waals surface area contributed by atoms with Crippen LogP contribution in [0.4, 0.5) is 24.5 Å². The summed E-state index contributed by atoms with van der Waals surface area (Å²) in [6, 6.07) is 18.0. The van der Waals surface area contributed by atoms with E-state index in [-0.39, 0.29) is 17.4 Å². The van der Waals surface area contributed by atoms with Crippen molar-refractivity contribution in [3.8, 4) is 22.8 Å². The number of carbonyl (C=O) groups excluding carboxylic acids is 1. The smallest absolute Gasteiger partial charge is 0.406 e. The zero-order valence-corrected chi connectivity index (χ0v) is 22.1. The summed E-state index contributed by atoms with van der Waals surface area (Å²) in [6.07, 6.45) is -4.61. The minimum atomic E-state index is -4.76. The van der Waals surface area contributed by atoms with Gasteiger partial charge in [-0.05, 0) is 73.5 Å². The third kappa shape index (κ3) is 6.10. The lowest BCUT2D eigenvalue weighted by atomic mass is 10.1. The van der Waals surface area contributed by atoms with Gasteiger partial charge in [-0.1, -0.05) is 30.0 Å². The van der Waals surface area contributed by atoms with Crippen molar-refractivity contribution >= 4 is 34.2 Å². The second-order valence-corrected chi connectivity index (χ2v) is 9.76. The fourth-order valence-electron chi connectivity index (χ4n) is 4.16. The van der Waals surface area contributed by atoms with Crippen molar-refractivity contribution in [3.05, 3.63) is 84.2 Å². The van der Waals surface area contributed by atoms with Crippen molar-refractivity contribution in [3.63, 3.8) is 0 Å². The Balaban J connectivity index is 1.26. The maximum atomic E-state index is 12.6. The van der Waals surface area contributed by atoms with Crippen molar-refractivity contribution in [1.82, 2.24) is 14.8 Å². The molecule has 0 aliphatic carbocycles. The van der Waals surface area contributed by atoms with Crippen LogP contribution in [0.2, 0.25) is 0 Å². The summed E-state index contributed by atoms with van der Waals surface area (Å²) in [5.74, 6) is 0.200. The van der Waals surface area contributed by atoms with Crippen molar-refractivity contribution in [2.24, 2.45) is 4.99 Å². The lowest BCUT2D eigenvalue weighted by molar-refractivity contribution is -0.274. The Bertz CT molecular complexity index is 1530. The number of aromatic nitrogens is 3. The summed E-state index contributed by atoms with van der Waals surface area (Å²) >= 11 is 1.26. The quantitative estimate of drug-likeness (QED) is 0.293. The average molecular weight is 569 g/mol. The third-order valence-electron chi connectivity index (χ3n) is 5.93. The number of hydrogen-bond acceptors (Lipinski definition) is 8. The van der Waals surface area contributed by atoms with E-state index in [0.717, 1.165) is 16.8 Å². The number of amides is 1. The van der Waals surface area contributed by atoms with Gasteiger partial charge in [0.1, 0.15) is 12.1 Å². The van der Waals surface area contributed by atoms with E-state index in [1.165, 1.54) is 47.0 Å². The van der Waals surface area contributed by atoms with Gasteiger partial charge >= 0.3 is 6.36 Å². The molecule has 0 saturated carbocycles. The Morgan fingerprint density at radius 2 is 1.73 bits per heavy atom. The molecule has 1 unspecified atom stereocenters. The van der Waals surface area contributed by atoms with Crippen LogP contribution in [0.15, 0.2) is 78.0 Å². The molecule has 5 rings (SSSR count). The second kappa shape index (κ2) is 11.0. The number of halogens is 3. The van der Waals surface area contributed by atoms with Crippen molar-refractivity contribution < 1.29 is 27.8 Å². The Morgan fingerprint density at radius 3 is 2.38 bits per heavy atom. The highest BCUT2D eigenvalue weighted by molar-refractivity contribution is 8.15. The number of aliphatic imine (C=N–C) groups is 1. The molecule has 1 aromatic heterocycles. The number of nitrogens with one attached hydrogen (secondary N) is 1. The maximum absolute atomic E-state index is 12.6. The molecule has 2 N–H and O–H groups in total. The van der Waals surface area contributed by atoms with E-state index in [0.29, 0.717) is 27.9 Å². The van der Waals surface area contributed by atoms with Gasteiger partial charge < -0.3 is 15.2 Å². The van der Waals surface area contributed by atoms with Crippen LogP contribution >= 0.6 is 11.8 Å². The monoisotopic (exact) mass is 568 g/mol. The van der Waals surface area contributed by atoms with Crippen LogP contribution in [0.3, 0.4) is 0 Å². The summed E-state index contributed by atoms with van der Waals surface area (Å²) < 4.78 is 42.4. The molecule has 13 heteroatoms. The molecule has 2 heterocycles. The van der Waals surface area contributed by atoms with Crippen molar-refractivity contribution in [2.75, 3.05) is 16.0 Å². The maximum Gasteiger partial charge on any atom is 0.573 e. The normalized spacial score (nSPS) is 15.5. The molecule has 1 amide bonds. The second-order valence-electron chi connectivity index (χ2n) is 8.82. The highest BCUT2D eigenvalue weighted by Crippen LogP contribution is 2.32. The molecule has 0 spiro atoms. The van der Waals surface area contributed by atoms with Gasteiger partial charge in [-0.2, -0.15) is 0 Å². The van der Waals surface area contributed by atoms with Gasteiger partial charge in [0.15, 0.2) is 11.0 Å². The number of nitrogens with zero attached hydrogens (tertiary/aromatic N) is 5. The lowest BCUT2D eigenvalue weighted by Gasteiger charge is -2.22. The predicted molar refractivity (Wildman–Crippen MR) is 146 cm³/mol. The standard InChI is InChI=1S/C27H23F3N6O3S/c1-16-4-3-5-17(2)23(16)36-22(37)14-40-26(36)33-25(38)32-19-8-6-18(7-9-19)24-31-15-35(34-24)20-10-12-21(13-11-20)39-27(28,29)30/h3-13,15,25,32,38H,14H2,1-2H3/b33-26-. The van der Waals surface area contributed by atoms with Crippen LogP contribution in [-0.2, 0) is 4.79 Å².